The maximum atomic E-state index is 12.4. The van der Waals surface area contributed by atoms with Gasteiger partial charge in [0.1, 0.15) is 0 Å². The zero-order valence-electron chi connectivity index (χ0n) is 10.1. The third kappa shape index (κ3) is 2.66. The predicted octanol–water partition coefficient (Wildman–Crippen LogP) is 5.87. The molecule has 0 unspecified atom stereocenters. The molecule has 0 N–H and O–H groups in total. The Bertz CT molecular complexity index is 806. The minimum absolute atomic E-state index is 0.0899. The van der Waals surface area contributed by atoms with Gasteiger partial charge in [-0.05, 0) is 59.9 Å². The van der Waals surface area contributed by atoms with E-state index in [4.69, 9.17) is 0 Å². The van der Waals surface area contributed by atoms with Gasteiger partial charge >= 0.3 is 0 Å². The molecule has 1 aromatic carbocycles. The van der Waals surface area contributed by atoms with Gasteiger partial charge in [0.15, 0.2) is 5.78 Å². The van der Waals surface area contributed by atoms with E-state index in [0.29, 0.717) is 6.54 Å². The molecule has 3 aromatic rings. The van der Waals surface area contributed by atoms with Crippen molar-refractivity contribution >= 4 is 75.8 Å². The summed E-state index contributed by atoms with van der Waals surface area (Å²) >= 11 is 11.9. The monoisotopic (exact) mass is 475 g/mol. The van der Waals surface area contributed by atoms with Crippen molar-refractivity contribution in [3.63, 3.8) is 0 Å². The molecule has 6 heteroatoms. The maximum absolute atomic E-state index is 12.4. The summed E-state index contributed by atoms with van der Waals surface area (Å²) in [6, 6.07) is 9.89. The second kappa shape index (κ2) is 5.75. The molecule has 0 saturated heterocycles. The van der Waals surface area contributed by atoms with Gasteiger partial charge in [0.25, 0.3) is 0 Å². The van der Waals surface area contributed by atoms with Crippen LogP contribution >= 0.6 is 59.1 Å². The van der Waals surface area contributed by atoms with Crippen LogP contribution in [-0.2, 0) is 6.54 Å². The number of benzene rings is 1. The highest BCUT2D eigenvalue weighted by Gasteiger charge is 2.15. The molecule has 102 valence electrons. The summed E-state index contributed by atoms with van der Waals surface area (Å²) < 4.78 is 4.79. The lowest BCUT2D eigenvalue weighted by Gasteiger charge is -2.04. The number of rotatable bonds is 3. The third-order valence-electron chi connectivity index (χ3n) is 3.01. The maximum Gasteiger partial charge on any atom is 0.184 e. The highest BCUT2D eigenvalue weighted by molar-refractivity contribution is 9.12. The first-order chi connectivity index (χ1) is 9.56. The van der Waals surface area contributed by atoms with Gasteiger partial charge in [-0.15, -0.1) is 11.3 Å². The minimum Gasteiger partial charge on any atom is -0.338 e. The second-order valence-corrected chi connectivity index (χ2v) is 8.89. The Kier molecular flexibility index (Phi) is 4.17. The van der Waals surface area contributed by atoms with Crippen molar-refractivity contribution in [1.29, 1.82) is 0 Å². The minimum atomic E-state index is 0.0899. The van der Waals surface area contributed by atoms with E-state index in [9.17, 15) is 4.79 Å². The molecule has 0 spiro atoms. The quantitative estimate of drug-likeness (QED) is 0.432. The molecule has 0 saturated carbocycles. The molecule has 0 aliphatic rings. The Balaban J connectivity index is 1.97. The van der Waals surface area contributed by atoms with Crippen molar-refractivity contribution < 1.29 is 4.79 Å². The Morgan fingerprint density at radius 3 is 2.65 bits per heavy atom. The highest BCUT2D eigenvalue weighted by Crippen LogP contribution is 2.33. The highest BCUT2D eigenvalue weighted by atomic mass is 79.9. The molecule has 20 heavy (non-hydrogen) atoms. The van der Waals surface area contributed by atoms with Crippen LogP contribution < -0.4 is 0 Å². The Labute approximate surface area is 145 Å². The molecular formula is C14H8Br3NOS. The van der Waals surface area contributed by atoms with Gasteiger partial charge in [-0.3, -0.25) is 4.79 Å². The standard InChI is InChI=1S/C14H8Br3NOS/c15-10-6-18(11-4-2-1-3-8(10)11)7-12(19)9-5-13(16)20-14(9)17/h1-6H,7H2. The van der Waals surface area contributed by atoms with E-state index >= 15 is 0 Å². The average molecular weight is 478 g/mol. The number of nitrogens with zero attached hydrogens (tertiary/aromatic N) is 1. The summed E-state index contributed by atoms with van der Waals surface area (Å²) in [4.78, 5) is 12.4. The van der Waals surface area contributed by atoms with E-state index < -0.39 is 0 Å². The van der Waals surface area contributed by atoms with Crippen molar-refractivity contribution in [3.8, 4) is 0 Å². The topological polar surface area (TPSA) is 22.0 Å². The zero-order chi connectivity index (χ0) is 14.3. The van der Waals surface area contributed by atoms with Crippen LogP contribution in [-0.4, -0.2) is 10.4 Å². The smallest absolute Gasteiger partial charge is 0.184 e. The summed E-state index contributed by atoms with van der Waals surface area (Å²) in [6.45, 7) is 0.327. The van der Waals surface area contributed by atoms with E-state index in [-0.39, 0.29) is 5.78 Å². The van der Waals surface area contributed by atoms with Crippen molar-refractivity contribution in [2.45, 2.75) is 6.54 Å². The molecule has 0 aliphatic carbocycles. The molecular weight excluding hydrogens is 470 g/mol. The lowest BCUT2D eigenvalue weighted by atomic mass is 10.2. The largest absolute Gasteiger partial charge is 0.338 e. The van der Waals surface area contributed by atoms with Crippen molar-refractivity contribution in [3.05, 3.63) is 54.1 Å². The number of Topliss-reactive ketones (excluding diaryl/α,β-unsaturated/α-hetero) is 1. The van der Waals surface area contributed by atoms with Gasteiger partial charge < -0.3 is 4.57 Å². The van der Waals surface area contributed by atoms with E-state index in [1.54, 1.807) is 0 Å². The molecule has 0 bridgehead atoms. The summed E-state index contributed by atoms with van der Waals surface area (Å²) in [6.07, 6.45) is 1.96. The summed E-state index contributed by atoms with van der Waals surface area (Å²) in [7, 11) is 0. The first kappa shape index (κ1) is 14.5. The van der Waals surface area contributed by atoms with Crippen molar-refractivity contribution in [2.75, 3.05) is 0 Å². The molecule has 0 amide bonds. The SMILES string of the molecule is O=C(Cn1cc(Br)c2ccccc21)c1cc(Br)sc1Br. The number of carbonyl (C=O) groups excluding carboxylic acids is 1. The molecule has 0 aliphatic heterocycles. The lowest BCUT2D eigenvalue weighted by molar-refractivity contribution is 0.0973. The van der Waals surface area contributed by atoms with Gasteiger partial charge in [-0.1, -0.05) is 18.2 Å². The number of ketones is 1. The number of hydrogen-bond donors (Lipinski definition) is 0. The Morgan fingerprint density at radius 1 is 1.20 bits per heavy atom. The van der Waals surface area contributed by atoms with Crippen LogP contribution in [0.15, 0.2) is 48.6 Å². The number of fused-ring (bicyclic) bond motifs is 1. The van der Waals surface area contributed by atoms with E-state index in [1.165, 1.54) is 11.3 Å². The Morgan fingerprint density at radius 2 is 1.95 bits per heavy atom. The average Bonchev–Trinajstić information content (AvgIpc) is 2.91. The molecule has 3 rings (SSSR count). The zero-order valence-corrected chi connectivity index (χ0v) is 15.6. The third-order valence-corrected chi connectivity index (χ3v) is 5.98. The lowest BCUT2D eigenvalue weighted by Crippen LogP contribution is -2.09. The van der Waals surface area contributed by atoms with Crippen molar-refractivity contribution in [2.24, 2.45) is 0 Å². The molecule has 0 fully saturated rings. The number of hydrogen-bond acceptors (Lipinski definition) is 2. The van der Waals surface area contributed by atoms with Gasteiger partial charge in [-0.25, -0.2) is 0 Å². The molecule has 2 heterocycles. The van der Waals surface area contributed by atoms with Crippen LogP contribution in [0.2, 0.25) is 0 Å². The number of aromatic nitrogens is 1. The van der Waals surface area contributed by atoms with E-state index in [0.717, 1.165) is 28.5 Å². The molecule has 2 nitrogen and oxygen atoms in total. The number of thiophene rings is 1. The normalized spacial score (nSPS) is 11.2. The van der Waals surface area contributed by atoms with Crippen LogP contribution in [0.3, 0.4) is 0 Å². The van der Waals surface area contributed by atoms with Crippen LogP contribution in [0.1, 0.15) is 10.4 Å². The van der Waals surface area contributed by atoms with Gasteiger partial charge in [0.2, 0.25) is 0 Å². The van der Waals surface area contributed by atoms with Gasteiger partial charge in [-0.2, -0.15) is 0 Å². The molecule has 2 aromatic heterocycles. The second-order valence-electron chi connectivity index (χ2n) is 4.28. The first-order valence-corrected chi connectivity index (χ1v) is 8.97. The number of carbonyl (C=O) groups is 1. The summed E-state index contributed by atoms with van der Waals surface area (Å²) in [5, 5.41) is 1.12. The summed E-state index contributed by atoms with van der Waals surface area (Å²) in [5.41, 5.74) is 1.77. The van der Waals surface area contributed by atoms with Crippen LogP contribution in [0.25, 0.3) is 10.9 Å². The number of halogens is 3. The van der Waals surface area contributed by atoms with Crippen LogP contribution in [0.4, 0.5) is 0 Å². The van der Waals surface area contributed by atoms with Gasteiger partial charge in [0.05, 0.1) is 14.1 Å². The number of para-hydroxylation sites is 1. The fourth-order valence-corrected chi connectivity index (χ4v) is 5.54. The van der Waals surface area contributed by atoms with Crippen LogP contribution in [0.5, 0.6) is 0 Å². The van der Waals surface area contributed by atoms with Gasteiger partial charge in [0, 0.05) is 27.1 Å². The first-order valence-electron chi connectivity index (χ1n) is 5.77. The van der Waals surface area contributed by atoms with E-state index in [2.05, 4.69) is 47.8 Å². The van der Waals surface area contributed by atoms with Crippen molar-refractivity contribution in [1.82, 2.24) is 4.57 Å². The molecule has 0 atom stereocenters. The predicted molar refractivity (Wildman–Crippen MR) is 93.7 cm³/mol. The fourth-order valence-electron chi connectivity index (χ4n) is 2.10. The fraction of sp³-hybridized carbons (Fsp3) is 0.0714. The molecule has 0 radical (unpaired) electrons. The van der Waals surface area contributed by atoms with Crippen LogP contribution in [0, 0.1) is 0 Å². The summed E-state index contributed by atoms with van der Waals surface area (Å²) in [5.74, 6) is 0.0899. The van der Waals surface area contributed by atoms with E-state index in [1.807, 2.05) is 41.1 Å². The Hall–Kier alpha value is -0.430.